The van der Waals surface area contributed by atoms with Crippen molar-refractivity contribution < 1.29 is 0 Å². The highest BCUT2D eigenvalue weighted by atomic mass is 14.5. The smallest absolute Gasteiger partial charge is 0.0243 e. The van der Waals surface area contributed by atoms with Gasteiger partial charge in [0.15, 0.2) is 0 Å². The third-order valence-corrected chi connectivity index (χ3v) is 1.29. The molecule has 0 radical (unpaired) electrons. The lowest BCUT2D eigenvalue weighted by Gasteiger charge is -2.01. The topological polar surface area (TPSA) is 26.0 Å². The number of hydrogen-bond donors (Lipinski definition) is 1. The second-order valence-corrected chi connectivity index (χ2v) is 2.38. The summed E-state index contributed by atoms with van der Waals surface area (Å²) in [6, 6.07) is 0. The van der Waals surface area contributed by atoms with Gasteiger partial charge in [-0.15, -0.1) is 0 Å². The molecule has 0 spiro atoms. The van der Waals surface area contributed by atoms with Crippen LogP contribution in [0.2, 0.25) is 0 Å². The summed E-state index contributed by atoms with van der Waals surface area (Å²) in [5.41, 5.74) is 8.23. The molecule has 0 aromatic carbocycles. The summed E-state index contributed by atoms with van der Waals surface area (Å²) in [6.45, 7) is 11.4. The molecule has 1 nitrogen and oxygen atoms in total. The second-order valence-electron chi connectivity index (χ2n) is 2.38. The molecule has 0 aliphatic carbocycles. The van der Waals surface area contributed by atoms with E-state index in [2.05, 4.69) is 20.1 Å². The van der Waals surface area contributed by atoms with Crippen molar-refractivity contribution in [1.29, 1.82) is 0 Å². The zero-order chi connectivity index (χ0) is 8.15. The average molecular weight is 137 g/mol. The minimum atomic E-state index is 0.597. The standard InChI is InChI=1S/C9H15N/c1-5-9(7(2)3)6-8(4)10/h6H,2,4-5,10H2,1,3H3/b9-6-. The molecule has 0 rings (SSSR count). The normalized spacial score (nSPS) is 11.2. The SMILES string of the molecule is C=C(N)/C=C(/CC)C(=C)C. The summed E-state index contributed by atoms with van der Waals surface area (Å²) in [5, 5.41) is 0. The van der Waals surface area contributed by atoms with E-state index in [0.29, 0.717) is 5.70 Å². The van der Waals surface area contributed by atoms with E-state index < -0.39 is 0 Å². The highest BCUT2D eigenvalue weighted by Crippen LogP contribution is 2.11. The Morgan fingerprint density at radius 1 is 1.50 bits per heavy atom. The van der Waals surface area contributed by atoms with Crippen LogP contribution in [0.1, 0.15) is 20.3 Å². The number of hydrogen-bond acceptors (Lipinski definition) is 1. The monoisotopic (exact) mass is 137 g/mol. The predicted molar refractivity (Wildman–Crippen MR) is 46.5 cm³/mol. The average Bonchev–Trinajstić information content (AvgIpc) is 1.81. The molecule has 0 fully saturated rings. The van der Waals surface area contributed by atoms with Gasteiger partial charge in [0.25, 0.3) is 0 Å². The fourth-order valence-corrected chi connectivity index (χ4v) is 0.751. The van der Waals surface area contributed by atoms with Crippen LogP contribution in [-0.2, 0) is 0 Å². The van der Waals surface area contributed by atoms with E-state index in [4.69, 9.17) is 5.73 Å². The number of rotatable bonds is 3. The Hall–Kier alpha value is -0.980. The maximum Gasteiger partial charge on any atom is 0.0243 e. The molecule has 0 bridgehead atoms. The van der Waals surface area contributed by atoms with Crippen molar-refractivity contribution in [2.24, 2.45) is 5.73 Å². The van der Waals surface area contributed by atoms with Gasteiger partial charge in [-0.3, -0.25) is 0 Å². The van der Waals surface area contributed by atoms with Gasteiger partial charge in [-0.1, -0.05) is 25.7 Å². The number of nitrogens with two attached hydrogens (primary N) is 1. The Morgan fingerprint density at radius 2 is 2.00 bits per heavy atom. The quantitative estimate of drug-likeness (QED) is 0.594. The van der Waals surface area contributed by atoms with Gasteiger partial charge >= 0.3 is 0 Å². The molecule has 10 heavy (non-hydrogen) atoms. The summed E-state index contributed by atoms with van der Waals surface area (Å²) in [7, 11) is 0. The molecule has 56 valence electrons. The van der Waals surface area contributed by atoms with Crippen molar-refractivity contribution in [3.05, 3.63) is 36.1 Å². The van der Waals surface area contributed by atoms with Crippen LogP contribution >= 0.6 is 0 Å². The van der Waals surface area contributed by atoms with E-state index in [9.17, 15) is 0 Å². The fraction of sp³-hybridized carbons (Fsp3) is 0.333. The summed E-state index contributed by atoms with van der Waals surface area (Å²) in [5.74, 6) is 0. The van der Waals surface area contributed by atoms with E-state index in [1.54, 1.807) is 0 Å². The lowest BCUT2D eigenvalue weighted by Crippen LogP contribution is -1.92. The lowest BCUT2D eigenvalue weighted by atomic mass is 10.1. The van der Waals surface area contributed by atoms with Crippen LogP contribution < -0.4 is 5.73 Å². The summed E-state index contributed by atoms with van der Waals surface area (Å²) >= 11 is 0. The van der Waals surface area contributed by atoms with Crippen LogP contribution in [0, 0.1) is 0 Å². The first-order valence-corrected chi connectivity index (χ1v) is 3.38. The number of allylic oxidation sites excluding steroid dienone is 3. The molecule has 0 heterocycles. The molecular formula is C9H15N. The molecule has 0 saturated heterocycles. The van der Waals surface area contributed by atoms with Crippen molar-refractivity contribution in [3.63, 3.8) is 0 Å². The lowest BCUT2D eigenvalue weighted by molar-refractivity contribution is 1.10. The highest BCUT2D eigenvalue weighted by molar-refractivity contribution is 5.31. The van der Waals surface area contributed by atoms with Crippen molar-refractivity contribution >= 4 is 0 Å². The van der Waals surface area contributed by atoms with Crippen LogP contribution in [0.15, 0.2) is 36.1 Å². The van der Waals surface area contributed by atoms with Crippen LogP contribution in [0.5, 0.6) is 0 Å². The predicted octanol–water partition coefficient (Wildman–Crippen LogP) is 2.37. The van der Waals surface area contributed by atoms with Gasteiger partial charge in [-0.25, -0.2) is 0 Å². The molecule has 0 unspecified atom stereocenters. The Balaban J connectivity index is 4.34. The Morgan fingerprint density at radius 3 is 2.10 bits per heavy atom. The zero-order valence-corrected chi connectivity index (χ0v) is 6.78. The second kappa shape index (κ2) is 3.94. The van der Waals surface area contributed by atoms with Gasteiger partial charge in [0, 0.05) is 5.70 Å². The fourth-order valence-electron chi connectivity index (χ4n) is 0.751. The molecule has 0 amide bonds. The summed E-state index contributed by atoms with van der Waals surface area (Å²) < 4.78 is 0. The Labute approximate surface area is 62.9 Å². The van der Waals surface area contributed by atoms with Crippen molar-refractivity contribution in [2.45, 2.75) is 20.3 Å². The Kier molecular flexibility index (Phi) is 3.55. The minimum absolute atomic E-state index is 0.597. The molecule has 0 aliphatic heterocycles. The van der Waals surface area contributed by atoms with Gasteiger partial charge in [0.1, 0.15) is 0 Å². The molecule has 1 heteroatoms. The third kappa shape index (κ3) is 3.13. The van der Waals surface area contributed by atoms with E-state index in [-0.39, 0.29) is 0 Å². The van der Waals surface area contributed by atoms with Crippen molar-refractivity contribution in [2.75, 3.05) is 0 Å². The van der Waals surface area contributed by atoms with Crippen molar-refractivity contribution in [3.8, 4) is 0 Å². The van der Waals surface area contributed by atoms with E-state index >= 15 is 0 Å². The van der Waals surface area contributed by atoms with Gasteiger partial charge in [0.05, 0.1) is 0 Å². The van der Waals surface area contributed by atoms with Gasteiger partial charge in [0.2, 0.25) is 0 Å². The first kappa shape index (κ1) is 9.02. The van der Waals surface area contributed by atoms with E-state index in [1.807, 2.05) is 13.0 Å². The van der Waals surface area contributed by atoms with E-state index in [1.165, 1.54) is 5.57 Å². The third-order valence-electron chi connectivity index (χ3n) is 1.29. The van der Waals surface area contributed by atoms with Gasteiger partial charge in [-0.2, -0.15) is 0 Å². The maximum absolute atomic E-state index is 5.39. The first-order chi connectivity index (χ1) is 4.57. The molecule has 0 saturated carbocycles. The van der Waals surface area contributed by atoms with Crippen LogP contribution in [0.3, 0.4) is 0 Å². The summed E-state index contributed by atoms with van der Waals surface area (Å²) in [6.07, 6.45) is 2.83. The van der Waals surface area contributed by atoms with Crippen LogP contribution in [-0.4, -0.2) is 0 Å². The molecule has 0 aromatic heterocycles. The molecular weight excluding hydrogens is 122 g/mol. The largest absolute Gasteiger partial charge is 0.399 e. The molecule has 0 aliphatic rings. The van der Waals surface area contributed by atoms with Crippen LogP contribution in [0.4, 0.5) is 0 Å². The van der Waals surface area contributed by atoms with Gasteiger partial charge < -0.3 is 5.73 Å². The zero-order valence-electron chi connectivity index (χ0n) is 6.78. The summed E-state index contributed by atoms with van der Waals surface area (Å²) in [4.78, 5) is 0. The molecule has 0 atom stereocenters. The highest BCUT2D eigenvalue weighted by Gasteiger charge is 1.92. The first-order valence-electron chi connectivity index (χ1n) is 3.38. The Bertz CT molecular complexity index is 175. The maximum atomic E-state index is 5.39. The minimum Gasteiger partial charge on any atom is -0.399 e. The van der Waals surface area contributed by atoms with Crippen molar-refractivity contribution in [1.82, 2.24) is 0 Å². The molecule has 0 aromatic rings. The van der Waals surface area contributed by atoms with Crippen LogP contribution in [0.25, 0.3) is 0 Å². The van der Waals surface area contributed by atoms with Gasteiger partial charge in [-0.05, 0) is 25.0 Å². The van der Waals surface area contributed by atoms with E-state index in [0.717, 1.165) is 12.0 Å². The molecule has 2 N–H and O–H groups in total.